The van der Waals surface area contributed by atoms with Crippen LogP contribution in [0.15, 0.2) is 72.1 Å². The lowest BCUT2D eigenvalue weighted by atomic mass is 9.89. The van der Waals surface area contributed by atoms with Crippen LogP contribution in [0.1, 0.15) is 34.6 Å². The van der Waals surface area contributed by atoms with Gasteiger partial charge >= 0.3 is 5.97 Å². The van der Waals surface area contributed by atoms with Crippen molar-refractivity contribution in [2.75, 3.05) is 24.4 Å². The summed E-state index contributed by atoms with van der Waals surface area (Å²) in [7, 11) is 3.32. The van der Waals surface area contributed by atoms with Gasteiger partial charge in [0.2, 0.25) is 0 Å². The van der Waals surface area contributed by atoms with Gasteiger partial charge in [-0.05, 0) is 72.8 Å². The minimum atomic E-state index is -0.492. The molecule has 39 heavy (non-hydrogen) atoms. The quantitative estimate of drug-likeness (QED) is 0.192. The van der Waals surface area contributed by atoms with E-state index in [1.54, 1.807) is 37.8 Å². The Morgan fingerprint density at radius 3 is 2.51 bits per heavy atom. The van der Waals surface area contributed by atoms with Crippen LogP contribution in [-0.2, 0) is 6.54 Å². The van der Waals surface area contributed by atoms with Crippen molar-refractivity contribution in [1.29, 1.82) is 0 Å². The molecule has 8 heteroatoms. The van der Waals surface area contributed by atoms with Crippen molar-refractivity contribution >= 4 is 46.0 Å². The van der Waals surface area contributed by atoms with Crippen LogP contribution in [0, 0.1) is 0 Å². The summed E-state index contributed by atoms with van der Waals surface area (Å²) >= 11 is 7.36. The number of anilines is 2. The average molecular weight is 559 g/mol. The van der Waals surface area contributed by atoms with Crippen LogP contribution in [0.2, 0.25) is 5.02 Å². The highest BCUT2D eigenvalue weighted by molar-refractivity contribution is 7.12. The van der Waals surface area contributed by atoms with Crippen molar-refractivity contribution in [3.05, 3.63) is 93.1 Å². The molecule has 0 spiro atoms. The van der Waals surface area contributed by atoms with Gasteiger partial charge in [-0.15, -0.1) is 11.3 Å². The van der Waals surface area contributed by atoms with E-state index in [-0.39, 0.29) is 5.54 Å². The minimum Gasteiger partial charge on any atom is -0.496 e. The number of thiophene rings is 1. The summed E-state index contributed by atoms with van der Waals surface area (Å²) in [6, 6.07) is 19.5. The molecule has 3 aromatic carbocycles. The number of methoxy groups -OCH3 is 2. The molecule has 1 N–H and O–H groups in total. The molecular formula is C31H27ClN2O4S. The van der Waals surface area contributed by atoms with Crippen LogP contribution < -0.4 is 24.4 Å². The molecule has 0 radical (unpaired) electrons. The Balaban J connectivity index is 1.43. The number of ether oxygens (including phenoxy) is 3. The van der Waals surface area contributed by atoms with E-state index in [2.05, 4.69) is 48.3 Å². The van der Waals surface area contributed by atoms with E-state index < -0.39 is 5.97 Å². The first kappa shape index (κ1) is 25.3. The van der Waals surface area contributed by atoms with Crippen LogP contribution in [0.5, 0.6) is 17.2 Å². The van der Waals surface area contributed by atoms with Crippen LogP contribution in [0.4, 0.5) is 11.4 Å². The lowest BCUT2D eigenvalue weighted by Gasteiger charge is -2.33. The van der Waals surface area contributed by atoms with Gasteiger partial charge < -0.3 is 24.4 Å². The predicted molar refractivity (Wildman–Crippen MR) is 158 cm³/mol. The molecular weight excluding hydrogens is 532 g/mol. The molecule has 0 aliphatic carbocycles. The molecule has 2 aliphatic heterocycles. The monoisotopic (exact) mass is 558 g/mol. The van der Waals surface area contributed by atoms with Crippen LogP contribution in [-0.4, -0.2) is 25.7 Å². The smallest absolute Gasteiger partial charge is 0.355 e. The van der Waals surface area contributed by atoms with E-state index in [0.717, 1.165) is 33.9 Å². The molecule has 0 bridgehead atoms. The normalized spacial score (nSPS) is 14.8. The molecule has 0 atom stereocenters. The molecule has 6 rings (SSSR count). The predicted octanol–water partition coefficient (Wildman–Crippen LogP) is 7.87. The third-order valence-electron chi connectivity index (χ3n) is 6.98. The van der Waals surface area contributed by atoms with E-state index in [4.69, 9.17) is 25.8 Å². The van der Waals surface area contributed by atoms with Crippen LogP contribution in [0.25, 0.3) is 16.8 Å². The first-order valence-corrected chi connectivity index (χ1v) is 13.8. The summed E-state index contributed by atoms with van der Waals surface area (Å²) < 4.78 is 17.1. The number of hydrogen-bond donors (Lipinski definition) is 1. The van der Waals surface area contributed by atoms with Gasteiger partial charge in [0.15, 0.2) is 0 Å². The summed E-state index contributed by atoms with van der Waals surface area (Å²) in [5.41, 5.74) is 7.34. The van der Waals surface area contributed by atoms with Gasteiger partial charge in [-0.1, -0.05) is 29.8 Å². The van der Waals surface area contributed by atoms with Gasteiger partial charge in [-0.3, -0.25) is 0 Å². The number of para-hydroxylation sites is 2. The van der Waals surface area contributed by atoms with Gasteiger partial charge in [0.05, 0.1) is 30.5 Å². The molecule has 0 amide bonds. The Kier molecular flexibility index (Phi) is 6.28. The molecule has 198 valence electrons. The average Bonchev–Trinajstić information content (AvgIpc) is 3.52. The zero-order valence-electron chi connectivity index (χ0n) is 22.0. The molecule has 1 aromatic heterocycles. The van der Waals surface area contributed by atoms with E-state index in [1.807, 2.05) is 24.3 Å². The zero-order chi connectivity index (χ0) is 27.3. The summed E-state index contributed by atoms with van der Waals surface area (Å²) in [6.07, 6.45) is 2.28. The summed E-state index contributed by atoms with van der Waals surface area (Å²) in [6.45, 7) is 5.00. The third-order valence-corrected chi connectivity index (χ3v) is 8.30. The van der Waals surface area contributed by atoms with E-state index in [9.17, 15) is 4.79 Å². The van der Waals surface area contributed by atoms with Gasteiger partial charge in [0.25, 0.3) is 0 Å². The Morgan fingerprint density at radius 1 is 1.00 bits per heavy atom. The zero-order valence-corrected chi connectivity index (χ0v) is 23.6. The first-order chi connectivity index (χ1) is 18.8. The molecule has 3 heterocycles. The van der Waals surface area contributed by atoms with E-state index in [1.165, 1.54) is 22.5 Å². The number of rotatable bonds is 6. The second-order valence-electron chi connectivity index (χ2n) is 10.00. The molecule has 0 saturated heterocycles. The first-order valence-electron chi connectivity index (χ1n) is 12.5. The van der Waals surface area contributed by atoms with E-state index >= 15 is 0 Å². The summed E-state index contributed by atoms with van der Waals surface area (Å²) in [4.78, 5) is 15.3. The number of esters is 1. The molecule has 6 nitrogen and oxygen atoms in total. The second-order valence-corrected chi connectivity index (χ2v) is 11.3. The SMILES string of the molecule is COc1cc(OC(=O)c2sccc2Cl)ccc1-c1ccc2c3c1CN(c1ccccc1OC)C3=CC(C)(C)N2. The minimum absolute atomic E-state index is 0.222. The fourth-order valence-corrected chi connectivity index (χ4v) is 6.34. The Bertz CT molecular complexity index is 1640. The number of benzene rings is 3. The number of hydrogen-bond acceptors (Lipinski definition) is 7. The summed E-state index contributed by atoms with van der Waals surface area (Å²) in [5, 5.41) is 5.81. The number of carbonyl (C=O) groups is 1. The number of nitrogens with zero attached hydrogens (tertiary/aromatic N) is 1. The maximum absolute atomic E-state index is 12.6. The molecule has 0 unspecified atom stereocenters. The van der Waals surface area contributed by atoms with Gasteiger partial charge in [0.1, 0.15) is 22.1 Å². The Morgan fingerprint density at radius 2 is 1.77 bits per heavy atom. The van der Waals surface area contributed by atoms with Crippen molar-refractivity contribution in [3.63, 3.8) is 0 Å². The van der Waals surface area contributed by atoms with Crippen molar-refractivity contribution in [3.8, 4) is 28.4 Å². The fourth-order valence-electron chi connectivity index (χ4n) is 5.33. The topological polar surface area (TPSA) is 60.0 Å². The Labute approximate surface area is 236 Å². The van der Waals surface area contributed by atoms with Gasteiger partial charge in [-0.2, -0.15) is 0 Å². The lowest BCUT2D eigenvalue weighted by molar-refractivity contribution is 0.0739. The van der Waals surface area contributed by atoms with Crippen molar-refractivity contribution < 1.29 is 19.0 Å². The van der Waals surface area contributed by atoms with Gasteiger partial charge in [0, 0.05) is 35.1 Å². The van der Waals surface area contributed by atoms with E-state index in [0.29, 0.717) is 27.9 Å². The molecule has 4 aromatic rings. The largest absolute Gasteiger partial charge is 0.496 e. The highest BCUT2D eigenvalue weighted by Gasteiger charge is 2.37. The highest BCUT2D eigenvalue weighted by Crippen LogP contribution is 2.51. The standard InChI is InChI=1S/C31H27ClN2O4S/c1-31(2)16-25-28-21(17-34(25)24-7-5-6-8-26(24)36-3)19(11-12-23(28)33-31)20-10-9-18(15-27(20)37-4)38-30(35)29-22(32)13-14-39-29/h5-16,33H,17H2,1-4H3. The maximum atomic E-state index is 12.6. The number of nitrogens with one attached hydrogen (secondary N) is 1. The summed E-state index contributed by atoms with van der Waals surface area (Å²) in [5.74, 6) is 1.33. The van der Waals surface area contributed by atoms with Gasteiger partial charge in [-0.25, -0.2) is 4.79 Å². The Hall–Kier alpha value is -3.94. The highest BCUT2D eigenvalue weighted by atomic mass is 35.5. The number of halogens is 1. The lowest BCUT2D eigenvalue weighted by Crippen LogP contribution is -2.33. The van der Waals surface area contributed by atoms with Crippen molar-refractivity contribution in [2.24, 2.45) is 0 Å². The maximum Gasteiger partial charge on any atom is 0.355 e. The molecule has 0 saturated carbocycles. The van der Waals surface area contributed by atoms with Crippen molar-refractivity contribution in [1.82, 2.24) is 0 Å². The fraction of sp³-hybridized carbons (Fsp3) is 0.194. The third kappa shape index (κ3) is 4.41. The van der Waals surface area contributed by atoms with Crippen molar-refractivity contribution in [2.45, 2.75) is 25.9 Å². The molecule has 0 fully saturated rings. The van der Waals surface area contributed by atoms with Crippen LogP contribution in [0.3, 0.4) is 0 Å². The molecule has 2 aliphatic rings. The second kappa shape index (κ2) is 9.67. The van der Waals surface area contributed by atoms with Crippen LogP contribution >= 0.6 is 22.9 Å². The number of carbonyl (C=O) groups excluding carboxylic acids is 1.